The second-order valence-electron chi connectivity index (χ2n) is 6.85. The minimum atomic E-state index is -4.01. The van der Waals surface area contributed by atoms with Gasteiger partial charge in [0.2, 0.25) is 0 Å². The smallest absolute Gasteiger partial charge is 0.429 e. The highest BCUT2D eigenvalue weighted by Gasteiger charge is 2.48. The van der Waals surface area contributed by atoms with Gasteiger partial charge < -0.3 is 18.9 Å². The van der Waals surface area contributed by atoms with E-state index in [1.165, 1.54) is 0 Å². The Morgan fingerprint density at radius 1 is 1.00 bits per heavy atom. The summed E-state index contributed by atoms with van der Waals surface area (Å²) in [5.41, 5.74) is 0. The molecule has 2 aliphatic rings. The molecule has 2 unspecified atom stereocenters. The molecule has 4 nitrogen and oxygen atoms in total. The number of rotatable bonds is 5. The molecule has 1 aromatic carbocycles. The van der Waals surface area contributed by atoms with Crippen molar-refractivity contribution >= 4 is 0 Å². The molecule has 2 heterocycles. The van der Waals surface area contributed by atoms with Crippen molar-refractivity contribution in [1.82, 2.24) is 0 Å². The summed E-state index contributed by atoms with van der Waals surface area (Å²) in [6, 6.07) is 0.663. The maximum Gasteiger partial charge on any atom is 0.451 e. The quantitative estimate of drug-likeness (QED) is 0.550. The van der Waals surface area contributed by atoms with E-state index in [1.54, 1.807) is 0 Å². The van der Waals surface area contributed by atoms with E-state index in [0.29, 0.717) is 24.7 Å². The van der Waals surface area contributed by atoms with Crippen LogP contribution in [0, 0.1) is 29.3 Å². The Hall–Kier alpha value is -1.45. The van der Waals surface area contributed by atoms with Crippen LogP contribution in [-0.2, 0) is 14.2 Å². The lowest BCUT2D eigenvalue weighted by Crippen LogP contribution is -2.50. The van der Waals surface area contributed by atoms with Crippen LogP contribution in [0.5, 0.6) is 5.75 Å². The molecule has 2 saturated heterocycles. The maximum atomic E-state index is 14.2. The predicted octanol–water partition coefficient (Wildman–Crippen LogP) is 4.27. The summed E-state index contributed by atoms with van der Waals surface area (Å²) >= 11 is 0. The van der Waals surface area contributed by atoms with Gasteiger partial charge in [-0.25, -0.2) is 13.2 Å². The molecule has 2 atom stereocenters. The molecule has 0 saturated carbocycles. The molecule has 2 aliphatic heterocycles. The summed E-state index contributed by atoms with van der Waals surface area (Å²) in [4.78, 5) is 0. The Morgan fingerprint density at radius 2 is 1.63 bits per heavy atom. The van der Waals surface area contributed by atoms with Gasteiger partial charge in [0.05, 0.1) is 19.3 Å². The van der Waals surface area contributed by atoms with E-state index in [2.05, 4.69) is 11.7 Å². The van der Waals surface area contributed by atoms with Gasteiger partial charge >= 0.3 is 6.11 Å². The Kier molecular flexibility index (Phi) is 6.22. The van der Waals surface area contributed by atoms with Gasteiger partial charge in [0, 0.05) is 24.7 Å². The Bertz CT molecular complexity index is 618. The van der Waals surface area contributed by atoms with E-state index in [-0.39, 0.29) is 25.2 Å². The van der Waals surface area contributed by atoms with Crippen LogP contribution in [0.15, 0.2) is 12.1 Å². The fourth-order valence-corrected chi connectivity index (χ4v) is 3.24. The zero-order valence-electron chi connectivity index (χ0n) is 14.7. The number of hydrogen-bond acceptors (Lipinski definition) is 4. The number of halogens is 5. The first-order valence-electron chi connectivity index (χ1n) is 8.86. The van der Waals surface area contributed by atoms with Crippen molar-refractivity contribution < 1.29 is 40.9 Å². The second kappa shape index (κ2) is 8.28. The highest BCUT2D eigenvalue weighted by atomic mass is 19.3. The first kappa shape index (κ1) is 20.3. The Balaban J connectivity index is 1.55. The van der Waals surface area contributed by atoms with E-state index in [4.69, 9.17) is 14.2 Å². The van der Waals surface area contributed by atoms with Crippen LogP contribution in [-0.4, -0.2) is 38.3 Å². The molecule has 27 heavy (non-hydrogen) atoms. The van der Waals surface area contributed by atoms with Crippen LogP contribution in [0.1, 0.15) is 26.2 Å². The van der Waals surface area contributed by atoms with E-state index < -0.39 is 35.6 Å². The number of hydrogen-bond donors (Lipinski definition) is 0. The summed E-state index contributed by atoms with van der Waals surface area (Å²) in [5, 5.41) is 0. The van der Waals surface area contributed by atoms with Gasteiger partial charge in [0.15, 0.2) is 17.5 Å². The minimum Gasteiger partial charge on any atom is -0.429 e. The zero-order valence-corrected chi connectivity index (χ0v) is 14.7. The average molecular weight is 396 g/mol. The molecule has 0 aromatic heterocycles. The second-order valence-corrected chi connectivity index (χ2v) is 6.85. The molecule has 152 valence electrons. The van der Waals surface area contributed by atoms with E-state index in [0.717, 1.165) is 19.3 Å². The zero-order chi connectivity index (χ0) is 19.6. The van der Waals surface area contributed by atoms with Gasteiger partial charge in [-0.2, -0.15) is 8.78 Å². The van der Waals surface area contributed by atoms with Crippen LogP contribution in [0.3, 0.4) is 0 Å². The van der Waals surface area contributed by atoms with E-state index >= 15 is 0 Å². The van der Waals surface area contributed by atoms with Gasteiger partial charge in [-0.15, -0.1) is 0 Å². The first-order chi connectivity index (χ1) is 12.8. The molecule has 0 radical (unpaired) electrons. The van der Waals surface area contributed by atoms with Crippen molar-refractivity contribution in [2.45, 2.75) is 44.7 Å². The highest BCUT2D eigenvalue weighted by Crippen LogP contribution is 2.34. The lowest BCUT2D eigenvalue weighted by atomic mass is 9.90. The van der Waals surface area contributed by atoms with E-state index in [1.807, 2.05) is 0 Å². The normalized spacial score (nSPS) is 29.6. The maximum absolute atomic E-state index is 14.2. The lowest BCUT2D eigenvalue weighted by Gasteiger charge is -2.38. The highest BCUT2D eigenvalue weighted by molar-refractivity contribution is 5.25. The molecule has 0 spiro atoms. The van der Waals surface area contributed by atoms with Crippen molar-refractivity contribution in [3.8, 4) is 5.75 Å². The molecular weight excluding hydrogens is 375 g/mol. The van der Waals surface area contributed by atoms with Crippen LogP contribution in [0.4, 0.5) is 22.0 Å². The molecule has 0 amide bonds. The predicted molar refractivity (Wildman–Crippen MR) is 83.8 cm³/mol. The lowest BCUT2D eigenvalue weighted by molar-refractivity contribution is -0.356. The van der Waals surface area contributed by atoms with Crippen LogP contribution in [0.2, 0.25) is 0 Å². The number of benzene rings is 1. The summed E-state index contributed by atoms with van der Waals surface area (Å²) in [6.07, 6.45) is -3.34. The summed E-state index contributed by atoms with van der Waals surface area (Å²) in [5.74, 6) is -5.58. The van der Waals surface area contributed by atoms with Crippen molar-refractivity contribution in [1.29, 1.82) is 0 Å². The Morgan fingerprint density at radius 3 is 2.15 bits per heavy atom. The fraction of sp³-hybridized carbons (Fsp3) is 0.667. The largest absolute Gasteiger partial charge is 0.451 e. The van der Waals surface area contributed by atoms with Crippen LogP contribution < -0.4 is 4.74 Å². The number of alkyl halides is 2. The van der Waals surface area contributed by atoms with Crippen molar-refractivity contribution in [3.63, 3.8) is 0 Å². The van der Waals surface area contributed by atoms with Gasteiger partial charge in [-0.05, 0) is 18.8 Å². The topological polar surface area (TPSA) is 36.9 Å². The molecule has 9 heteroatoms. The number of ether oxygens (including phenoxy) is 4. The molecule has 0 N–H and O–H groups in total. The third-order valence-electron chi connectivity index (χ3n) is 4.92. The fourth-order valence-electron chi connectivity index (χ4n) is 3.24. The average Bonchev–Trinajstić information content (AvgIpc) is 2.66. The Labute approximate surface area is 153 Å². The first-order valence-corrected chi connectivity index (χ1v) is 8.86. The van der Waals surface area contributed by atoms with Crippen LogP contribution in [0.25, 0.3) is 0 Å². The summed E-state index contributed by atoms with van der Waals surface area (Å²) in [7, 11) is 0. The summed E-state index contributed by atoms with van der Waals surface area (Å²) < 4.78 is 87.8. The van der Waals surface area contributed by atoms with Gasteiger partial charge in [-0.3, -0.25) is 0 Å². The monoisotopic (exact) mass is 396 g/mol. The third kappa shape index (κ3) is 4.70. The van der Waals surface area contributed by atoms with Gasteiger partial charge in [0.25, 0.3) is 6.29 Å². The standard InChI is InChI=1S/C18H21F5O4/c1-2-10-3-4-15(24-7-10)11-8-25-17(26-9-11)18(22,23)27-12-5-13(19)16(21)14(20)6-12/h5-6,10-11,15,17H,2-4,7-9H2,1H3. The molecule has 3 rings (SSSR count). The van der Waals surface area contributed by atoms with Crippen LogP contribution >= 0.6 is 0 Å². The third-order valence-corrected chi connectivity index (χ3v) is 4.92. The van der Waals surface area contributed by atoms with Crippen molar-refractivity contribution in [3.05, 3.63) is 29.6 Å². The van der Waals surface area contributed by atoms with Crippen molar-refractivity contribution in [2.75, 3.05) is 19.8 Å². The molecule has 1 aromatic rings. The molecular formula is C18H21F5O4. The van der Waals surface area contributed by atoms with Crippen molar-refractivity contribution in [2.24, 2.45) is 11.8 Å². The molecule has 2 fully saturated rings. The molecule has 0 aliphatic carbocycles. The van der Waals surface area contributed by atoms with Gasteiger partial charge in [0.1, 0.15) is 5.75 Å². The van der Waals surface area contributed by atoms with Gasteiger partial charge in [-0.1, -0.05) is 13.3 Å². The SMILES string of the molecule is CCC1CCC(C2COC(C(F)(F)Oc3cc(F)c(F)c(F)c3)OC2)OC1. The summed E-state index contributed by atoms with van der Waals surface area (Å²) in [6.45, 7) is 2.68. The minimum absolute atomic E-state index is 0.0167. The molecule has 0 bridgehead atoms. The van der Waals surface area contributed by atoms with E-state index in [9.17, 15) is 22.0 Å².